The lowest BCUT2D eigenvalue weighted by atomic mass is 10.1. The first-order valence-corrected chi connectivity index (χ1v) is 11.1. The second-order valence-electron chi connectivity index (χ2n) is 7.79. The molecule has 1 aromatic carbocycles. The van der Waals surface area contributed by atoms with Gasteiger partial charge >= 0.3 is 0 Å². The summed E-state index contributed by atoms with van der Waals surface area (Å²) < 4.78 is 0. The van der Waals surface area contributed by atoms with Crippen molar-refractivity contribution in [2.24, 2.45) is 0 Å². The number of aryl methyl sites for hydroxylation is 1. The van der Waals surface area contributed by atoms with E-state index >= 15 is 0 Å². The highest BCUT2D eigenvalue weighted by atomic mass is 32.1. The number of piperidine rings is 1. The lowest BCUT2D eigenvalue weighted by molar-refractivity contribution is 0.0934. The van der Waals surface area contributed by atoms with Crippen LogP contribution in [0.2, 0.25) is 0 Å². The molecule has 8 heteroatoms. The maximum atomic E-state index is 12.8. The molecule has 0 spiro atoms. The van der Waals surface area contributed by atoms with Crippen LogP contribution in [0.5, 0.6) is 0 Å². The van der Waals surface area contributed by atoms with E-state index in [1.165, 1.54) is 11.3 Å². The van der Waals surface area contributed by atoms with E-state index in [0.29, 0.717) is 16.1 Å². The van der Waals surface area contributed by atoms with Gasteiger partial charge in [-0.1, -0.05) is 0 Å². The molecule has 0 aliphatic carbocycles. The van der Waals surface area contributed by atoms with Crippen LogP contribution in [-0.2, 0) is 0 Å². The fourth-order valence-corrected chi connectivity index (χ4v) is 5.01. The van der Waals surface area contributed by atoms with Crippen LogP contribution in [0.15, 0.2) is 36.7 Å². The van der Waals surface area contributed by atoms with Crippen molar-refractivity contribution in [3.8, 4) is 6.07 Å². The van der Waals surface area contributed by atoms with Gasteiger partial charge in [0.15, 0.2) is 0 Å². The van der Waals surface area contributed by atoms with E-state index in [-0.39, 0.29) is 11.9 Å². The first-order valence-electron chi connectivity index (χ1n) is 10.3. The van der Waals surface area contributed by atoms with Crippen LogP contribution >= 0.6 is 11.3 Å². The summed E-state index contributed by atoms with van der Waals surface area (Å²) >= 11 is 1.35. The average Bonchev–Trinajstić information content (AvgIpc) is 3.44. The Kier molecular flexibility index (Phi) is 5.06. The van der Waals surface area contributed by atoms with Crippen LogP contribution in [-0.4, -0.2) is 35.0 Å². The molecular formula is C23H22N6OS. The number of carbonyl (C=O) groups is 1. The fraction of sp³-hybridized carbons (Fsp3) is 0.261. The van der Waals surface area contributed by atoms with Crippen molar-refractivity contribution in [2.45, 2.75) is 25.8 Å². The number of amides is 1. The quantitative estimate of drug-likeness (QED) is 0.389. The largest absolute Gasteiger partial charge is 0.361 e. The standard InChI is InChI=1S/C23H22N6OS/c1-13-16-6-9-26-19(16)3-2-18(13)29-21-14(11-24)12-27-23-17(21)10-20(31-23)22(30)28-15-4-7-25-8-5-15/h2-3,6,9-10,12,15,25-26H,4-5,7-8H2,1H3,(H,27,29)(H,28,30). The number of nitrogens with zero attached hydrogens (tertiary/aromatic N) is 2. The minimum atomic E-state index is -0.0794. The molecule has 0 bridgehead atoms. The van der Waals surface area contributed by atoms with Gasteiger partial charge in [-0.25, -0.2) is 4.98 Å². The molecule has 0 radical (unpaired) electrons. The second-order valence-corrected chi connectivity index (χ2v) is 8.82. The van der Waals surface area contributed by atoms with Gasteiger partial charge in [0.2, 0.25) is 0 Å². The van der Waals surface area contributed by atoms with Crippen LogP contribution in [0.3, 0.4) is 0 Å². The molecule has 0 atom stereocenters. The molecule has 7 nitrogen and oxygen atoms in total. The molecule has 0 unspecified atom stereocenters. The number of thiophene rings is 1. The third-order valence-corrected chi connectivity index (χ3v) is 6.89. The summed E-state index contributed by atoms with van der Waals surface area (Å²) in [5, 5.41) is 21.5. The molecule has 3 aromatic heterocycles. The van der Waals surface area contributed by atoms with Crippen molar-refractivity contribution in [3.63, 3.8) is 0 Å². The second kappa shape index (κ2) is 8.02. The number of hydrogen-bond donors (Lipinski definition) is 4. The third kappa shape index (κ3) is 3.63. The smallest absolute Gasteiger partial charge is 0.261 e. The normalized spacial score (nSPS) is 14.6. The summed E-state index contributed by atoms with van der Waals surface area (Å²) in [6, 6.07) is 10.3. The zero-order valence-electron chi connectivity index (χ0n) is 17.1. The first-order chi connectivity index (χ1) is 15.1. The molecule has 0 saturated carbocycles. The predicted octanol–water partition coefficient (Wildman–Crippen LogP) is 4.18. The Morgan fingerprint density at radius 2 is 2.10 bits per heavy atom. The Labute approximate surface area is 183 Å². The van der Waals surface area contributed by atoms with E-state index in [1.54, 1.807) is 6.20 Å². The number of pyridine rings is 1. The molecule has 31 heavy (non-hydrogen) atoms. The van der Waals surface area contributed by atoms with Crippen LogP contribution in [0, 0.1) is 18.3 Å². The van der Waals surface area contributed by atoms with Gasteiger partial charge < -0.3 is 20.9 Å². The zero-order valence-corrected chi connectivity index (χ0v) is 17.9. The molecule has 5 rings (SSSR count). The van der Waals surface area contributed by atoms with Gasteiger partial charge in [0, 0.05) is 40.4 Å². The minimum absolute atomic E-state index is 0.0794. The van der Waals surface area contributed by atoms with Crippen molar-refractivity contribution < 1.29 is 4.79 Å². The van der Waals surface area contributed by atoms with Crippen molar-refractivity contribution in [1.82, 2.24) is 20.6 Å². The summed E-state index contributed by atoms with van der Waals surface area (Å²) in [4.78, 5) is 21.8. The number of aromatic nitrogens is 2. The van der Waals surface area contributed by atoms with E-state index in [9.17, 15) is 10.1 Å². The van der Waals surface area contributed by atoms with Gasteiger partial charge in [-0.2, -0.15) is 5.26 Å². The van der Waals surface area contributed by atoms with Crippen LogP contribution in [0.25, 0.3) is 21.1 Å². The van der Waals surface area contributed by atoms with E-state index in [0.717, 1.165) is 58.3 Å². The van der Waals surface area contributed by atoms with Gasteiger partial charge in [0.05, 0.1) is 16.1 Å². The molecule has 156 valence electrons. The van der Waals surface area contributed by atoms with Crippen molar-refractivity contribution in [2.75, 3.05) is 18.4 Å². The van der Waals surface area contributed by atoms with Crippen LogP contribution in [0.4, 0.5) is 11.4 Å². The lowest BCUT2D eigenvalue weighted by Gasteiger charge is -2.23. The minimum Gasteiger partial charge on any atom is -0.361 e. The van der Waals surface area contributed by atoms with E-state index < -0.39 is 0 Å². The monoisotopic (exact) mass is 430 g/mol. The number of rotatable bonds is 4. The maximum absolute atomic E-state index is 12.8. The molecule has 4 heterocycles. The SMILES string of the molecule is Cc1c(Nc2c(C#N)cnc3sc(C(=O)NC4CCNCC4)cc23)ccc2[nH]ccc12. The predicted molar refractivity (Wildman–Crippen MR) is 124 cm³/mol. The topological polar surface area (TPSA) is 106 Å². The summed E-state index contributed by atoms with van der Waals surface area (Å²) in [7, 11) is 0. The fourth-order valence-electron chi connectivity index (χ4n) is 4.10. The van der Waals surface area contributed by atoms with Crippen LogP contribution in [0.1, 0.15) is 33.6 Å². The maximum Gasteiger partial charge on any atom is 0.261 e. The first kappa shape index (κ1) is 19.5. The highest BCUT2D eigenvalue weighted by Gasteiger charge is 2.20. The number of H-pyrrole nitrogens is 1. The van der Waals surface area contributed by atoms with E-state index in [2.05, 4.69) is 38.9 Å². The molecular weight excluding hydrogens is 408 g/mol. The van der Waals surface area contributed by atoms with Crippen LogP contribution < -0.4 is 16.0 Å². The number of hydrogen-bond acceptors (Lipinski definition) is 6. The average molecular weight is 431 g/mol. The number of anilines is 2. The number of carbonyl (C=O) groups excluding carboxylic acids is 1. The summed E-state index contributed by atoms with van der Waals surface area (Å²) in [5.74, 6) is -0.0794. The molecule has 1 saturated heterocycles. The highest BCUT2D eigenvalue weighted by molar-refractivity contribution is 7.20. The summed E-state index contributed by atoms with van der Waals surface area (Å²) in [6.07, 6.45) is 5.35. The van der Waals surface area contributed by atoms with Gasteiger partial charge in [0.1, 0.15) is 10.9 Å². The molecule has 1 aliphatic heterocycles. The Bertz CT molecular complexity index is 1330. The van der Waals surface area contributed by atoms with Gasteiger partial charge in [0.25, 0.3) is 5.91 Å². The Hall–Kier alpha value is -3.41. The van der Waals surface area contributed by atoms with E-state index in [1.807, 2.05) is 30.5 Å². The number of benzene rings is 1. The lowest BCUT2D eigenvalue weighted by Crippen LogP contribution is -2.42. The summed E-state index contributed by atoms with van der Waals surface area (Å²) in [5.41, 5.74) is 4.21. The van der Waals surface area contributed by atoms with Gasteiger partial charge in [-0.3, -0.25) is 4.79 Å². The van der Waals surface area contributed by atoms with E-state index in [4.69, 9.17) is 0 Å². The molecule has 1 fully saturated rings. The van der Waals surface area contributed by atoms with Crippen molar-refractivity contribution in [3.05, 3.63) is 52.7 Å². The Balaban J connectivity index is 1.51. The molecule has 4 N–H and O–H groups in total. The summed E-state index contributed by atoms with van der Waals surface area (Å²) in [6.45, 7) is 3.89. The molecule has 4 aromatic rings. The number of nitrogens with one attached hydrogen (secondary N) is 4. The number of fused-ring (bicyclic) bond motifs is 2. The van der Waals surface area contributed by atoms with Crippen molar-refractivity contribution >= 4 is 49.7 Å². The Morgan fingerprint density at radius 3 is 2.90 bits per heavy atom. The number of aromatic amines is 1. The van der Waals surface area contributed by atoms with Gasteiger partial charge in [-0.05, 0) is 62.7 Å². The molecule has 1 amide bonds. The number of nitriles is 1. The third-order valence-electron chi connectivity index (χ3n) is 5.84. The Morgan fingerprint density at radius 1 is 1.26 bits per heavy atom. The zero-order chi connectivity index (χ0) is 21.4. The van der Waals surface area contributed by atoms with Crippen molar-refractivity contribution in [1.29, 1.82) is 5.26 Å². The highest BCUT2D eigenvalue weighted by Crippen LogP contribution is 2.36. The molecule has 1 aliphatic rings. The van der Waals surface area contributed by atoms with Gasteiger partial charge in [-0.15, -0.1) is 11.3 Å².